The fourth-order valence-corrected chi connectivity index (χ4v) is 7.94. The quantitative estimate of drug-likeness (QED) is 0.0571. The molecule has 2 rings (SSSR count). The number of rotatable bonds is 22. The molecule has 2 aliphatic rings. The number of phosphoric acid groups is 2. The lowest BCUT2D eigenvalue weighted by atomic mass is 9.94. The van der Waals surface area contributed by atoms with Gasteiger partial charge in [-0.05, 0) is 67.2 Å². The van der Waals surface area contributed by atoms with E-state index in [2.05, 4.69) is 27.1 Å². The zero-order valence-electron chi connectivity index (χ0n) is 33.5. The van der Waals surface area contributed by atoms with E-state index in [1.807, 2.05) is 20.8 Å². The number of aliphatic hydroxyl groups excluding tert-OH is 4. The molecule has 0 bridgehead atoms. The predicted octanol–water partition coefficient (Wildman–Crippen LogP) is 2.21. The van der Waals surface area contributed by atoms with Gasteiger partial charge in [-0.3, -0.25) is 23.4 Å². The summed E-state index contributed by atoms with van der Waals surface area (Å²) < 4.78 is 63.9. The monoisotopic (exact) mass is 874 g/mol. The second-order valence-electron chi connectivity index (χ2n) is 14.2. The lowest BCUT2D eigenvalue weighted by Gasteiger charge is -2.49. The molecular weight excluding hydrogens is 810 g/mol. The largest absolute Gasteiger partial charge is 0.483 e. The number of aliphatic hydroxyl groups is 4. The van der Waals surface area contributed by atoms with Gasteiger partial charge in [-0.15, -0.1) is 0 Å². The van der Waals surface area contributed by atoms with Crippen molar-refractivity contribution in [2.75, 3.05) is 19.8 Å². The normalized spacial score (nSPS) is 30.5. The summed E-state index contributed by atoms with van der Waals surface area (Å²) >= 11 is 0. The third-order valence-electron chi connectivity index (χ3n) is 8.91. The Labute approximate surface area is 340 Å². The van der Waals surface area contributed by atoms with Gasteiger partial charge >= 0.3 is 15.6 Å². The first-order valence-corrected chi connectivity index (χ1v) is 21.4. The number of hydrogen-bond donors (Lipinski definition) is 8. The van der Waals surface area contributed by atoms with Crippen LogP contribution in [0.25, 0.3) is 0 Å². The van der Waals surface area contributed by atoms with E-state index in [0.717, 1.165) is 32.3 Å². The van der Waals surface area contributed by atoms with Gasteiger partial charge < -0.3 is 59.8 Å². The first-order chi connectivity index (χ1) is 26.5. The Kier molecular flexibility index (Phi) is 23.1. The summed E-state index contributed by atoms with van der Waals surface area (Å²) in [6.07, 6.45) is -5.96. The van der Waals surface area contributed by atoms with Gasteiger partial charge in [-0.25, -0.2) is 9.13 Å². The summed E-state index contributed by atoms with van der Waals surface area (Å²) in [4.78, 5) is 57.8. The van der Waals surface area contributed by atoms with E-state index in [1.165, 1.54) is 31.1 Å². The van der Waals surface area contributed by atoms with E-state index in [0.29, 0.717) is 12.8 Å². The Hall–Kier alpha value is -2.23. The van der Waals surface area contributed by atoms with Crippen molar-refractivity contribution < 1.29 is 86.0 Å². The van der Waals surface area contributed by atoms with Gasteiger partial charge in [0.05, 0.1) is 19.8 Å². The summed E-state index contributed by atoms with van der Waals surface area (Å²) in [6, 6.07) is -3.20. The highest BCUT2D eigenvalue weighted by Crippen LogP contribution is 2.61. The van der Waals surface area contributed by atoms with Crippen LogP contribution >= 0.6 is 15.6 Å². The van der Waals surface area contributed by atoms with Crippen molar-refractivity contribution in [3.05, 3.63) is 34.9 Å². The molecule has 0 aromatic heterocycles. The number of Topliss-reactive ketones (excluding diaryl/α,β-unsaturated/α-hetero) is 1. The van der Waals surface area contributed by atoms with Crippen LogP contribution in [-0.4, -0.2) is 135 Å². The second-order valence-corrected chi connectivity index (χ2v) is 17.2. The molecule has 336 valence electrons. The molecular formula is C36H64N2O18P2. The highest BCUT2D eigenvalue weighted by Gasteiger charge is 2.55. The summed E-state index contributed by atoms with van der Waals surface area (Å²) in [5.41, 5.74) is 3.27. The van der Waals surface area contributed by atoms with Crippen LogP contribution in [0.2, 0.25) is 0 Å². The fraction of sp³-hybridized carbons (Fsp3) is 0.750. The van der Waals surface area contributed by atoms with Crippen LogP contribution in [0.5, 0.6) is 0 Å². The zero-order valence-corrected chi connectivity index (χ0v) is 35.3. The Morgan fingerprint density at radius 3 is 1.81 bits per heavy atom. The van der Waals surface area contributed by atoms with Crippen molar-refractivity contribution in [2.24, 2.45) is 0 Å². The summed E-state index contributed by atoms with van der Waals surface area (Å²) in [6.45, 7) is 10.3. The molecule has 0 radical (unpaired) electrons. The molecule has 13 atom stereocenters. The van der Waals surface area contributed by atoms with E-state index >= 15 is 0 Å². The van der Waals surface area contributed by atoms with Crippen LogP contribution in [0.4, 0.5) is 0 Å². The second kappa shape index (κ2) is 24.9. The minimum Gasteiger partial charge on any atom is -0.394 e. The van der Waals surface area contributed by atoms with Crippen molar-refractivity contribution in [3.8, 4) is 0 Å². The third-order valence-corrected chi connectivity index (χ3v) is 11.5. The van der Waals surface area contributed by atoms with Crippen molar-refractivity contribution in [2.45, 2.75) is 156 Å². The molecule has 2 fully saturated rings. The van der Waals surface area contributed by atoms with Crippen LogP contribution in [0.3, 0.4) is 0 Å². The van der Waals surface area contributed by atoms with Crippen LogP contribution in [0, 0.1) is 0 Å². The molecule has 0 aromatic carbocycles. The van der Waals surface area contributed by atoms with E-state index < -0.39 is 120 Å². The molecule has 2 aliphatic heterocycles. The Morgan fingerprint density at radius 1 is 0.741 bits per heavy atom. The minimum absolute atomic E-state index is 0. The fourth-order valence-electron chi connectivity index (χ4n) is 5.84. The topological polar surface area (TPSA) is 295 Å². The van der Waals surface area contributed by atoms with Crippen LogP contribution in [-0.2, 0) is 55.8 Å². The van der Waals surface area contributed by atoms with E-state index in [-0.39, 0.29) is 7.43 Å². The minimum atomic E-state index is -5.65. The number of hydrogen-bond acceptors (Lipinski definition) is 16. The molecule has 22 heteroatoms. The van der Waals surface area contributed by atoms with Crippen LogP contribution in [0.1, 0.15) is 88.5 Å². The number of amides is 2. The number of ketones is 1. The van der Waals surface area contributed by atoms with Gasteiger partial charge in [0.25, 0.3) is 0 Å². The first kappa shape index (κ1) is 53.8. The van der Waals surface area contributed by atoms with Gasteiger partial charge in [-0.1, -0.05) is 42.4 Å². The average Bonchev–Trinajstić information content (AvgIpc) is 3.08. The number of phosphoric ester groups is 2. The van der Waals surface area contributed by atoms with Gasteiger partial charge in [0.1, 0.15) is 54.8 Å². The maximum Gasteiger partial charge on any atom is 0.483 e. The van der Waals surface area contributed by atoms with Crippen molar-refractivity contribution in [1.29, 1.82) is 0 Å². The average molecular weight is 875 g/mol. The van der Waals surface area contributed by atoms with Gasteiger partial charge in [0.2, 0.25) is 11.8 Å². The maximum atomic E-state index is 13.2. The van der Waals surface area contributed by atoms with Crippen molar-refractivity contribution in [3.63, 3.8) is 0 Å². The molecule has 0 aromatic rings. The van der Waals surface area contributed by atoms with E-state index in [4.69, 9.17) is 28.0 Å². The molecule has 20 nitrogen and oxygen atoms in total. The van der Waals surface area contributed by atoms with E-state index in [9.17, 15) is 53.7 Å². The number of nitrogens with one attached hydrogen (secondary N) is 2. The number of allylic oxidation sites excluding steroid dienone is 5. The molecule has 2 saturated heterocycles. The highest BCUT2D eigenvalue weighted by molar-refractivity contribution is 7.61. The molecule has 0 spiro atoms. The zero-order chi connectivity index (χ0) is 43.2. The standard InChI is InChI=1S/C35H60N2O18P2.CH4/c1-19(2)11-9-12-20(3)13-10-14-21(4)15-16-49-56(45,46)55-57(47,48)54-35-29(37-25(8)42)33(50-23(6)22(5)40)32(27(18-39)52-35)53-34-28(36-24(7)41)31(44)30(43)26(17-38)51-34;/h11,13,15,23,26-35,38-39,43-44H,9-10,12,14,16-18H2,1-8H3,(H,36,41)(H,37,42)(H,45,46)(H,47,48);1H4/b20-13+,21-15-;/t23-,26-,27-,28-,29?,30-,31-,32-,33-,34-,35-;/m1./s1. The smallest absolute Gasteiger partial charge is 0.394 e. The lowest BCUT2D eigenvalue weighted by molar-refractivity contribution is -0.331. The van der Waals surface area contributed by atoms with Crippen molar-refractivity contribution in [1.82, 2.24) is 10.6 Å². The number of carbonyl (C=O) groups excluding carboxylic acids is 3. The highest BCUT2D eigenvalue weighted by atomic mass is 31.3. The third kappa shape index (κ3) is 17.8. The number of carbonyl (C=O) groups is 3. The van der Waals surface area contributed by atoms with Gasteiger partial charge in [0.15, 0.2) is 18.4 Å². The SMILES string of the molecule is C.CC(=O)NC1[C@@H](OP(=O)(O)OP(=O)(O)OC/C=C(/C)CC/C=C(\C)CCC=C(C)C)O[C@H](CO)[C@@H](O[C@H]2O[C@H](CO)[C@@H](O)[C@H](O)[C@H]2NC(C)=O)[C@@H]1O[C@H](C)C(C)=O. The van der Waals surface area contributed by atoms with Crippen molar-refractivity contribution >= 4 is 33.2 Å². The number of ether oxygens (including phenoxy) is 4. The Morgan fingerprint density at radius 2 is 1.28 bits per heavy atom. The van der Waals surface area contributed by atoms with Gasteiger partial charge in [-0.2, -0.15) is 4.31 Å². The van der Waals surface area contributed by atoms with Crippen LogP contribution < -0.4 is 10.6 Å². The Bertz CT molecular complexity index is 1540. The van der Waals surface area contributed by atoms with Crippen LogP contribution in [0.15, 0.2) is 34.9 Å². The summed E-state index contributed by atoms with van der Waals surface area (Å²) in [7, 11) is -11.0. The molecule has 58 heavy (non-hydrogen) atoms. The van der Waals surface area contributed by atoms with E-state index in [1.54, 1.807) is 6.92 Å². The maximum absolute atomic E-state index is 13.2. The molecule has 3 unspecified atom stereocenters. The predicted molar refractivity (Wildman–Crippen MR) is 209 cm³/mol. The molecule has 0 aliphatic carbocycles. The van der Waals surface area contributed by atoms with Gasteiger partial charge in [0, 0.05) is 13.8 Å². The summed E-state index contributed by atoms with van der Waals surface area (Å²) in [5.74, 6) is -2.02. The first-order valence-electron chi connectivity index (χ1n) is 18.4. The summed E-state index contributed by atoms with van der Waals surface area (Å²) in [5, 5.41) is 46.2. The lowest BCUT2D eigenvalue weighted by Crippen LogP contribution is -2.70. The molecule has 0 saturated carbocycles. The molecule has 8 N–H and O–H groups in total. The molecule has 2 heterocycles. The Balaban J connectivity index is 0.0000168. The molecule has 2 amide bonds.